The van der Waals surface area contributed by atoms with Gasteiger partial charge in [-0.25, -0.2) is 0 Å². The third-order valence-corrected chi connectivity index (χ3v) is 14.4. The van der Waals surface area contributed by atoms with E-state index in [1.165, 1.54) is 55.0 Å². The van der Waals surface area contributed by atoms with E-state index in [2.05, 4.69) is 241 Å². The van der Waals surface area contributed by atoms with Crippen LogP contribution in [0.1, 0.15) is 55.6 Å². The van der Waals surface area contributed by atoms with Crippen LogP contribution in [-0.4, -0.2) is 4.57 Å². The smallest absolute Gasteiger partial charge is 0.135 e. The van der Waals surface area contributed by atoms with Gasteiger partial charge in [0.1, 0.15) is 11.3 Å². The Morgan fingerprint density at radius 2 is 1.19 bits per heavy atom. The van der Waals surface area contributed by atoms with Crippen molar-refractivity contribution < 1.29 is 4.42 Å². The van der Waals surface area contributed by atoms with Gasteiger partial charge in [0.15, 0.2) is 0 Å². The van der Waals surface area contributed by atoms with Gasteiger partial charge >= 0.3 is 0 Å². The van der Waals surface area contributed by atoms with E-state index in [9.17, 15) is 0 Å². The van der Waals surface area contributed by atoms with E-state index in [0.717, 1.165) is 88.0 Å². The van der Waals surface area contributed by atoms with E-state index < -0.39 is 0 Å². The molecule has 322 valence electrons. The number of aryl methyl sites for hydroxylation is 1. The fourth-order valence-corrected chi connectivity index (χ4v) is 11.2. The summed E-state index contributed by atoms with van der Waals surface area (Å²) in [6.45, 7) is 4.73. The molecule has 0 fully saturated rings. The largest absolute Gasteiger partial charge is 0.456 e. The normalized spacial score (nSPS) is 14.6. The Hall–Kier alpha value is -8.08. The van der Waals surface area contributed by atoms with Crippen molar-refractivity contribution in [3.8, 4) is 27.9 Å². The van der Waals surface area contributed by atoms with Gasteiger partial charge in [0.05, 0.1) is 11.0 Å². The third kappa shape index (κ3) is 6.42. The van der Waals surface area contributed by atoms with Crippen LogP contribution in [0, 0.1) is 0 Å². The predicted molar refractivity (Wildman–Crippen MR) is 281 cm³/mol. The average molecular weight is 864 g/mol. The summed E-state index contributed by atoms with van der Waals surface area (Å²) >= 11 is 0. The number of fused-ring (bicyclic) bond motifs is 9. The standard InChI is InChI=1S/C63H49N3O/c1-63(2)57-27-15-12-24-51(57)52-33-31-48(41-58(52)63)65(45-20-8-4-9-21-45)50-37-43(42-30-34-60-55(38-42)53-25-13-16-28-59(53)66(60)46-22-10-5-11-23-46)36-49(39-50)64(44-18-6-3-7-19-44)47-32-35-62-56(40-47)54-26-14-17-29-61(54)67-62/h4-6,8-13,15-25,27-41H,3,7,14,26H2,1-2H3. The Labute approximate surface area is 391 Å². The second-order valence-electron chi connectivity index (χ2n) is 18.7. The van der Waals surface area contributed by atoms with Crippen molar-refractivity contribution in [2.24, 2.45) is 0 Å². The molecule has 0 saturated heterocycles. The molecule has 0 amide bonds. The number of hydrogen-bond acceptors (Lipinski definition) is 3. The van der Waals surface area contributed by atoms with E-state index in [1.807, 2.05) is 0 Å². The number of nitrogens with zero attached hydrogens (tertiary/aromatic N) is 3. The molecule has 10 aromatic rings. The van der Waals surface area contributed by atoms with Crippen molar-refractivity contribution in [2.45, 2.75) is 44.9 Å². The highest BCUT2D eigenvalue weighted by atomic mass is 16.3. The van der Waals surface area contributed by atoms with E-state index in [1.54, 1.807) is 0 Å². The number of furan rings is 1. The quantitative estimate of drug-likeness (QED) is 0.152. The van der Waals surface area contributed by atoms with Crippen LogP contribution in [0.2, 0.25) is 0 Å². The molecule has 67 heavy (non-hydrogen) atoms. The van der Waals surface area contributed by atoms with Crippen LogP contribution in [0.5, 0.6) is 0 Å². The average Bonchev–Trinajstić information content (AvgIpc) is 4.00. The zero-order valence-corrected chi connectivity index (χ0v) is 37.8. The lowest BCUT2D eigenvalue weighted by Crippen LogP contribution is -2.18. The van der Waals surface area contributed by atoms with Crippen molar-refractivity contribution in [2.75, 3.05) is 9.80 Å². The molecule has 0 radical (unpaired) electrons. The molecule has 2 heterocycles. The zero-order chi connectivity index (χ0) is 44.6. The summed E-state index contributed by atoms with van der Waals surface area (Å²) in [5.41, 5.74) is 19.9. The number of allylic oxidation sites excluding steroid dienone is 4. The summed E-state index contributed by atoms with van der Waals surface area (Å²) in [5, 5.41) is 3.65. The van der Waals surface area contributed by atoms with Crippen LogP contribution < -0.4 is 9.80 Å². The van der Waals surface area contributed by atoms with Gasteiger partial charge in [-0.1, -0.05) is 123 Å². The van der Waals surface area contributed by atoms with E-state index in [4.69, 9.17) is 4.42 Å². The first kappa shape index (κ1) is 39.3. The van der Waals surface area contributed by atoms with Crippen molar-refractivity contribution in [3.63, 3.8) is 0 Å². The Bertz CT molecular complexity index is 3680. The molecule has 0 spiro atoms. The molecule has 3 aliphatic carbocycles. The molecule has 0 saturated carbocycles. The fourth-order valence-electron chi connectivity index (χ4n) is 11.2. The van der Waals surface area contributed by atoms with Crippen LogP contribution >= 0.6 is 0 Å². The first-order valence-electron chi connectivity index (χ1n) is 23.7. The number of rotatable bonds is 8. The summed E-state index contributed by atoms with van der Waals surface area (Å²) in [6, 6.07) is 67.4. The number of aromatic nitrogens is 1. The van der Waals surface area contributed by atoms with Crippen molar-refractivity contribution in [1.82, 2.24) is 4.57 Å². The molecule has 8 aromatic carbocycles. The number of benzene rings is 8. The van der Waals surface area contributed by atoms with Crippen LogP contribution in [0.25, 0.3) is 66.8 Å². The summed E-state index contributed by atoms with van der Waals surface area (Å²) in [7, 11) is 0. The van der Waals surface area contributed by atoms with Crippen LogP contribution in [0.3, 0.4) is 0 Å². The molecule has 4 nitrogen and oxygen atoms in total. The maximum Gasteiger partial charge on any atom is 0.135 e. The minimum Gasteiger partial charge on any atom is -0.456 e. The van der Waals surface area contributed by atoms with Crippen molar-refractivity contribution in [3.05, 3.63) is 234 Å². The Kier molecular flexibility index (Phi) is 9.11. The zero-order valence-electron chi connectivity index (χ0n) is 37.8. The number of hydrogen-bond donors (Lipinski definition) is 0. The first-order chi connectivity index (χ1) is 33.0. The lowest BCUT2D eigenvalue weighted by Gasteiger charge is -2.32. The van der Waals surface area contributed by atoms with Gasteiger partial charge in [-0.05, 0) is 162 Å². The summed E-state index contributed by atoms with van der Waals surface area (Å²) < 4.78 is 8.82. The Balaban J connectivity index is 1.06. The summed E-state index contributed by atoms with van der Waals surface area (Å²) in [5.74, 6) is 0.981. The van der Waals surface area contributed by atoms with E-state index >= 15 is 0 Å². The van der Waals surface area contributed by atoms with Crippen LogP contribution in [0.15, 0.2) is 216 Å². The molecule has 0 N–H and O–H groups in total. The van der Waals surface area contributed by atoms with Crippen LogP contribution in [-0.2, 0) is 11.8 Å². The van der Waals surface area contributed by atoms with Gasteiger partial charge in [-0.2, -0.15) is 0 Å². The van der Waals surface area contributed by atoms with Crippen LogP contribution in [0.4, 0.5) is 28.4 Å². The minimum absolute atomic E-state index is 0.150. The van der Waals surface area contributed by atoms with Gasteiger partial charge in [-0.15, -0.1) is 0 Å². The SMILES string of the molecule is CC1(C)c2ccccc2-c2ccc(N(c3ccccc3)c3cc(-c4ccc5c(c4)c4ccccc4n5-c4ccccc4)cc(N(C4=CCCC=C4)c4ccc5oc6c(c5c4)CCC=C6)c3)cc21. The summed E-state index contributed by atoms with van der Waals surface area (Å²) in [4.78, 5) is 4.92. The highest BCUT2D eigenvalue weighted by Gasteiger charge is 2.36. The molecule has 4 heteroatoms. The van der Waals surface area contributed by atoms with Gasteiger partial charge in [0, 0.05) is 67.0 Å². The van der Waals surface area contributed by atoms with E-state index in [0.29, 0.717) is 0 Å². The topological polar surface area (TPSA) is 24.6 Å². The maximum absolute atomic E-state index is 6.42. The highest BCUT2D eigenvalue weighted by Crippen LogP contribution is 2.51. The molecule has 13 rings (SSSR count). The first-order valence-corrected chi connectivity index (χ1v) is 23.7. The second-order valence-corrected chi connectivity index (χ2v) is 18.7. The molecular weight excluding hydrogens is 815 g/mol. The molecular formula is C63H49N3O. The molecule has 0 atom stereocenters. The van der Waals surface area contributed by atoms with Gasteiger partial charge in [-0.3, -0.25) is 0 Å². The van der Waals surface area contributed by atoms with Gasteiger partial charge in [0.25, 0.3) is 0 Å². The van der Waals surface area contributed by atoms with Gasteiger partial charge in [0.2, 0.25) is 0 Å². The lowest BCUT2D eigenvalue weighted by molar-refractivity contribution is 0.595. The number of para-hydroxylation sites is 3. The third-order valence-electron chi connectivity index (χ3n) is 14.4. The molecule has 0 bridgehead atoms. The lowest BCUT2D eigenvalue weighted by atomic mass is 9.82. The molecule has 3 aliphatic rings. The van der Waals surface area contributed by atoms with Crippen molar-refractivity contribution in [1.29, 1.82) is 0 Å². The predicted octanol–water partition coefficient (Wildman–Crippen LogP) is 17.3. The Morgan fingerprint density at radius 3 is 2.04 bits per heavy atom. The van der Waals surface area contributed by atoms with E-state index in [-0.39, 0.29) is 5.41 Å². The monoisotopic (exact) mass is 863 g/mol. The molecule has 2 aromatic heterocycles. The number of anilines is 5. The Morgan fingerprint density at radius 1 is 0.478 bits per heavy atom. The fraction of sp³-hybridized carbons (Fsp3) is 0.111. The second kappa shape index (κ2) is 15.5. The van der Waals surface area contributed by atoms with Gasteiger partial charge < -0.3 is 18.8 Å². The highest BCUT2D eigenvalue weighted by molar-refractivity contribution is 6.10. The minimum atomic E-state index is -0.150. The summed E-state index contributed by atoms with van der Waals surface area (Å²) in [6.07, 6.45) is 15.4. The molecule has 0 unspecified atom stereocenters. The maximum atomic E-state index is 6.42. The van der Waals surface area contributed by atoms with Crippen molar-refractivity contribution >= 4 is 67.3 Å². The molecule has 0 aliphatic heterocycles.